The maximum absolute atomic E-state index is 13.9. The summed E-state index contributed by atoms with van der Waals surface area (Å²) in [6.45, 7) is 8.51. The molecule has 0 radical (unpaired) electrons. The zero-order valence-electron chi connectivity index (χ0n) is 35.1. The van der Waals surface area contributed by atoms with Gasteiger partial charge in [-0.15, -0.1) is 0 Å². The molecule has 55 heavy (non-hydrogen) atoms. The first-order valence-corrected chi connectivity index (χ1v) is 19.5. The molecule has 306 valence electrons. The summed E-state index contributed by atoms with van der Waals surface area (Å²) in [5.41, 5.74) is 1.84. The minimum absolute atomic E-state index is 0.0485. The second kappa shape index (κ2) is 22.4. The number of benzene rings is 1. The minimum atomic E-state index is -0.859. The Morgan fingerprint density at radius 1 is 0.873 bits per heavy atom. The lowest BCUT2D eigenvalue weighted by atomic mass is 9.95. The first kappa shape index (κ1) is 46.9. The molecular weight excluding hydrogens is 700 g/mol. The number of hydrogen-bond acceptors (Lipinski definition) is 9. The number of amides is 4. The lowest BCUT2D eigenvalue weighted by Crippen LogP contribution is -2.56. The van der Waals surface area contributed by atoms with E-state index < -0.39 is 36.1 Å². The van der Waals surface area contributed by atoms with E-state index in [0.717, 1.165) is 11.1 Å². The quantitative estimate of drug-likeness (QED) is 0.187. The molecule has 0 aliphatic carbocycles. The predicted octanol–water partition coefficient (Wildman–Crippen LogP) is 2.93. The summed E-state index contributed by atoms with van der Waals surface area (Å²) in [4.78, 5) is 99.7. The molecule has 13 nitrogen and oxygen atoms in total. The maximum atomic E-state index is 13.9. The number of ketones is 3. The van der Waals surface area contributed by atoms with Crippen molar-refractivity contribution in [1.82, 2.24) is 29.8 Å². The van der Waals surface area contributed by atoms with Crippen LogP contribution in [-0.4, -0.2) is 151 Å². The molecule has 0 aromatic heterocycles. The Hall–Kier alpha value is -4.23. The smallest absolute Gasteiger partial charge is 0.245 e. The number of nitrogens with one attached hydrogen (secondary N) is 1. The molecule has 6 atom stereocenters. The summed E-state index contributed by atoms with van der Waals surface area (Å²) in [5.74, 6) is -1.71. The third-order valence-corrected chi connectivity index (χ3v) is 10.7. The van der Waals surface area contributed by atoms with Crippen LogP contribution in [0.1, 0.15) is 84.3 Å². The number of nitrogens with zero attached hydrogens (tertiary/aromatic N) is 5. The highest BCUT2D eigenvalue weighted by molar-refractivity contribution is 5.94. The SMILES string of the molecule is CC[C@H](C)[C@H](NC(=O)C(CCCc1ccc(C[C@@H](C(=O)N(C)CC(C)=O)N2CC/C=C\C[C@H](N(C)C)C2=O)cc1)N(C)C(=O)C[C@@H](C(C)=O)N(C)C)C(C)=O. The monoisotopic (exact) mass is 766 g/mol. The standard InChI is InChI=1S/C42H66N6O7/c1-12-28(2)39(31(5)51)43-40(53)34(47(11)38(52)26-36(30(4)50)45(8)9)19-16-17-32-20-22-33(23-21-32)25-37(41(54)46(10)27-29(3)49)48-24-15-13-14-18-35(42(48)55)44(6)7/h13-14,20-23,28,34-37,39H,12,15-19,24-27H2,1-11H3,(H,43,53)/b14-13-/t28-,34?,35-,36-,37-,39-/m0/s1. The zero-order chi connectivity index (χ0) is 41.6. The Kier molecular flexibility index (Phi) is 19.1. The van der Waals surface area contributed by atoms with Crippen LogP contribution in [0.25, 0.3) is 0 Å². The Morgan fingerprint density at radius 3 is 2.02 bits per heavy atom. The molecule has 0 spiro atoms. The number of Topliss-reactive ketones (excluding diaryl/α,β-unsaturated/α-hetero) is 3. The molecule has 1 heterocycles. The summed E-state index contributed by atoms with van der Waals surface area (Å²) >= 11 is 0. The fourth-order valence-corrected chi connectivity index (χ4v) is 7.07. The summed E-state index contributed by atoms with van der Waals surface area (Å²) in [5, 5.41) is 2.91. The van der Waals surface area contributed by atoms with Gasteiger partial charge in [0.15, 0.2) is 5.78 Å². The van der Waals surface area contributed by atoms with E-state index in [1.807, 2.05) is 69.3 Å². The van der Waals surface area contributed by atoms with E-state index in [2.05, 4.69) is 5.32 Å². The molecular formula is C42H66N6O7. The fraction of sp³-hybridized carbons (Fsp3) is 0.643. The normalized spacial score (nSPS) is 18.0. The Bertz CT molecular complexity index is 1520. The van der Waals surface area contributed by atoms with Crippen molar-refractivity contribution in [2.45, 2.75) is 116 Å². The van der Waals surface area contributed by atoms with E-state index in [-0.39, 0.29) is 60.4 Å². The van der Waals surface area contributed by atoms with Gasteiger partial charge in [0.1, 0.15) is 23.7 Å². The topological polar surface area (TPSA) is 148 Å². The van der Waals surface area contributed by atoms with E-state index in [0.29, 0.717) is 45.1 Å². The van der Waals surface area contributed by atoms with Gasteiger partial charge < -0.3 is 20.0 Å². The van der Waals surface area contributed by atoms with Crippen molar-refractivity contribution in [2.75, 3.05) is 55.4 Å². The first-order chi connectivity index (χ1) is 25.8. The van der Waals surface area contributed by atoms with Gasteiger partial charge in [0, 0.05) is 33.5 Å². The van der Waals surface area contributed by atoms with Crippen LogP contribution in [0, 0.1) is 5.92 Å². The van der Waals surface area contributed by atoms with Gasteiger partial charge in [0.25, 0.3) is 0 Å². The first-order valence-electron chi connectivity index (χ1n) is 19.5. The number of carbonyl (C=O) groups excluding carboxylic acids is 7. The van der Waals surface area contributed by atoms with Gasteiger partial charge in [-0.05, 0) is 98.1 Å². The van der Waals surface area contributed by atoms with E-state index >= 15 is 0 Å². The van der Waals surface area contributed by atoms with Crippen LogP contribution in [-0.2, 0) is 46.4 Å². The Balaban J connectivity index is 2.31. The largest absolute Gasteiger partial charge is 0.344 e. The average molecular weight is 767 g/mol. The molecule has 1 aromatic carbocycles. The molecule has 0 saturated carbocycles. The Morgan fingerprint density at radius 2 is 1.49 bits per heavy atom. The Labute approximate surface area is 328 Å². The van der Waals surface area contributed by atoms with Crippen molar-refractivity contribution in [3.8, 4) is 0 Å². The lowest BCUT2D eigenvalue weighted by Gasteiger charge is -2.37. The van der Waals surface area contributed by atoms with Crippen molar-refractivity contribution in [3.63, 3.8) is 0 Å². The second-order valence-corrected chi connectivity index (χ2v) is 15.6. The van der Waals surface area contributed by atoms with Crippen LogP contribution in [0.3, 0.4) is 0 Å². The summed E-state index contributed by atoms with van der Waals surface area (Å²) in [7, 11) is 10.3. The van der Waals surface area contributed by atoms with Crippen LogP contribution in [0.2, 0.25) is 0 Å². The molecule has 4 amide bonds. The third-order valence-electron chi connectivity index (χ3n) is 10.7. The highest BCUT2D eigenvalue weighted by Crippen LogP contribution is 2.21. The molecule has 1 aliphatic heterocycles. The highest BCUT2D eigenvalue weighted by atomic mass is 16.2. The molecule has 1 unspecified atom stereocenters. The van der Waals surface area contributed by atoms with Gasteiger partial charge >= 0.3 is 0 Å². The van der Waals surface area contributed by atoms with Gasteiger partial charge in [-0.3, -0.25) is 43.4 Å². The fourth-order valence-electron chi connectivity index (χ4n) is 7.07. The molecule has 1 N–H and O–H groups in total. The number of likely N-dealkylation sites (N-methyl/N-ethyl adjacent to an activating group) is 4. The molecule has 2 rings (SSSR count). The third kappa shape index (κ3) is 14.1. The molecule has 0 fully saturated rings. The maximum Gasteiger partial charge on any atom is 0.245 e. The van der Waals surface area contributed by atoms with Gasteiger partial charge in [-0.25, -0.2) is 0 Å². The van der Waals surface area contributed by atoms with Crippen molar-refractivity contribution < 1.29 is 33.6 Å². The van der Waals surface area contributed by atoms with Crippen LogP contribution in [0.4, 0.5) is 0 Å². The highest BCUT2D eigenvalue weighted by Gasteiger charge is 2.37. The van der Waals surface area contributed by atoms with Crippen molar-refractivity contribution in [2.24, 2.45) is 5.92 Å². The van der Waals surface area contributed by atoms with E-state index in [9.17, 15) is 33.6 Å². The number of carbonyl (C=O) groups is 7. The zero-order valence-corrected chi connectivity index (χ0v) is 35.1. The van der Waals surface area contributed by atoms with Crippen LogP contribution in [0.5, 0.6) is 0 Å². The molecule has 13 heteroatoms. The van der Waals surface area contributed by atoms with Crippen LogP contribution < -0.4 is 5.32 Å². The summed E-state index contributed by atoms with van der Waals surface area (Å²) < 4.78 is 0. The van der Waals surface area contributed by atoms with E-state index in [1.54, 1.807) is 38.0 Å². The van der Waals surface area contributed by atoms with Gasteiger partial charge in [0.05, 0.1) is 24.7 Å². The summed E-state index contributed by atoms with van der Waals surface area (Å²) in [6, 6.07) is 4.42. The number of aryl methyl sites for hydroxylation is 1. The average Bonchev–Trinajstić information content (AvgIpc) is 3.11. The van der Waals surface area contributed by atoms with Gasteiger partial charge in [-0.1, -0.05) is 56.7 Å². The second-order valence-electron chi connectivity index (χ2n) is 15.6. The van der Waals surface area contributed by atoms with Gasteiger partial charge in [0.2, 0.25) is 23.6 Å². The summed E-state index contributed by atoms with van der Waals surface area (Å²) in [6.07, 6.45) is 7.55. The predicted molar refractivity (Wildman–Crippen MR) is 214 cm³/mol. The van der Waals surface area contributed by atoms with Crippen molar-refractivity contribution in [1.29, 1.82) is 0 Å². The molecule has 1 aromatic rings. The van der Waals surface area contributed by atoms with Gasteiger partial charge in [-0.2, -0.15) is 0 Å². The molecule has 0 saturated heterocycles. The van der Waals surface area contributed by atoms with E-state index in [4.69, 9.17) is 0 Å². The van der Waals surface area contributed by atoms with Crippen LogP contribution >= 0.6 is 0 Å². The molecule has 1 aliphatic rings. The van der Waals surface area contributed by atoms with Crippen LogP contribution in [0.15, 0.2) is 36.4 Å². The van der Waals surface area contributed by atoms with Crippen molar-refractivity contribution >= 4 is 41.0 Å². The van der Waals surface area contributed by atoms with E-state index in [1.165, 1.54) is 30.6 Å². The number of hydrogen-bond donors (Lipinski definition) is 1. The minimum Gasteiger partial charge on any atom is -0.344 e. The lowest BCUT2D eigenvalue weighted by molar-refractivity contribution is -0.148. The van der Waals surface area contributed by atoms with Crippen molar-refractivity contribution in [3.05, 3.63) is 47.5 Å². The number of rotatable bonds is 21. The molecule has 0 bridgehead atoms.